The van der Waals surface area contributed by atoms with E-state index in [4.69, 9.17) is 4.74 Å². The van der Waals surface area contributed by atoms with Crippen molar-refractivity contribution in [1.29, 1.82) is 0 Å². The molecule has 9 nitrogen and oxygen atoms in total. The maximum absolute atomic E-state index is 12.4. The first-order chi connectivity index (χ1) is 14.7. The fraction of sp³-hybridized carbons (Fsp3) is 0.524. The summed E-state index contributed by atoms with van der Waals surface area (Å²) >= 11 is 0. The van der Waals surface area contributed by atoms with Gasteiger partial charge in [0, 0.05) is 57.4 Å². The minimum atomic E-state index is -0.165. The Balaban J connectivity index is 1.23. The van der Waals surface area contributed by atoms with Gasteiger partial charge in [-0.25, -0.2) is 19.7 Å². The third-order valence-corrected chi connectivity index (χ3v) is 5.42. The number of piperidine rings is 1. The number of aromatic nitrogens is 3. The number of hydrogen-bond donors (Lipinski definition) is 2. The second-order valence-corrected chi connectivity index (χ2v) is 7.81. The van der Waals surface area contributed by atoms with E-state index in [1.54, 1.807) is 18.5 Å². The molecule has 2 N–H and O–H groups in total. The first-order valence-corrected chi connectivity index (χ1v) is 10.5. The van der Waals surface area contributed by atoms with Gasteiger partial charge in [-0.05, 0) is 37.5 Å². The first-order valence-electron chi connectivity index (χ1n) is 10.5. The molecule has 0 spiro atoms. The summed E-state index contributed by atoms with van der Waals surface area (Å²) in [5, 5.41) is 6.00. The number of nitrogens with zero attached hydrogens (tertiary/aromatic N) is 5. The number of hydrogen-bond acceptors (Lipinski definition) is 7. The van der Waals surface area contributed by atoms with Gasteiger partial charge in [-0.15, -0.1) is 0 Å². The molecule has 2 unspecified atom stereocenters. The number of carbonyl (C=O) groups excluding carboxylic acids is 1. The van der Waals surface area contributed by atoms with Crippen LogP contribution in [0, 0.1) is 0 Å². The second-order valence-electron chi connectivity index (χ2n) is 7.81. The van der Waals surface area contributed by atoms with Gasteiger partial charge >= 0.3 is 6.03 Å². The van der Waals surface area contributed by atoms with Crippen LogP contribution in [0.15, 0.2) is 36.8 Å². The van der Waals surface area contributed by atoms with E-state index < -0.39 is 0 Å². The van der Waals surface area contributed by atoms with E-state index in [-0.39, 0.29) is 18.2 Å². The first kappa shape index (κ1) is 20.3. The molecule has 2 aliphatic heterocycles. The Morgan fingerprint density at radius 2 is 2.03 bits per heavy atom. The Morgan fingerprint density at radius 3 is 2.80 bits per heavy atom. The van der Waals surface area contributed by atoms with Crippen LogP contribution in [0.1, 0.15) is 25.3 Å². The van der Waals surface area contributed by atoms with Gasteiger partial charge in [-0.3, -0.25) is 0 Å². The van der Waals surface area contributed by atoms with Crippen molar-refractivity contribution in [1.82, 2.24) is 25.6 Å². The topological polar surface area (TPSA) is 95.5 Å². The molecule has 0 aliphatic carbocycles. The Kier molecular flexibility index (Phi) is 6.58. The fourth-order valence-electron chi connectivity index (χ4n) is 3.88. The molecule has 0 radical (unpaired) electrons. The SMILES string of the molecule is CC1CN(c2ccc(CNC(=O)NC3CCCN(c4ncccn4)C3)cn2)CCO1. The van der Waals surface area contributed by atoms with Crippen molar-refractivity contribution in [3.63, 3.8) is 0 Å². The van der Waals surface area contributed by atoms with Crippen LogP contribution < -0.4 is 20.4 Å². The molecule has 2 aromatic rings. The Bertz CT molecular complexity index is 818. The molecule has 0 bridgehead atoms. The summed E-state index contributed by atoms with van der Waals surface area (Å²) in [4.78, 5) is 29.9. The fourth-order valence-corrected chi connectivity index (χ4v) is 3.88. The van der Waals surface area contributed by atoms with E-state index in [0.29, 0.717) is 19.0 Å². The molecular formula is C21H29N7O2. The molecule has 2 fully saturated rings. The van der Waals surface area contributed by atoms with Crippen LogP contribution in [0.2, 0.25) is 0 Å². The standard InChI is InChI=1S/C21H29N7O2/c1-16-14-27(10-11-30-16)19-6-5-17(12-24-19)13-25-21(29)26-18-4-2-9-28(15-18)20-22-7-3-8-23-20/h3,5-8,12,16,18H,2,4,9-11,13-15H2,1H3,(H2,25,26,29). The molecule has 4 rings (SSSR count). The van der Waals surface area contributed by atoms with Crippen molar-refractivity contribution in [3.8, 4) is 0 Å². The van der Waals surface area contributed by atoms with Gasteiger partial charge in [-0.1, -0.05) is 6.07 Å². The average Bonchev–Trinajstić information content (AvgIpc) is 2.79. The van der Waals surface area contributed by atoms with E-state index in [0.717, 1.165) is 50.5 Å². The zero-order chi connectivity index (χ0) is 20.8. The normalized spacial score (nSPS) is 21.9. The number of morpholine rings is 1. The van der Waals surface area contributed by atoms with Crippen LogP contribution in [0.4, 0.5) is 16.6 Å². The molecule has 9 heteroatoms. The molecule has 160 valence electrons. The molecule has 2 aromatic heterocycles. The largest absolute Gasteiger partial charge is 0.375 e. The zero-order valence-electron chi connectivity index (χ0n) is 17.3. The highest BCUT2D eigenvalue weighted by atomic mass is 16.5. The molecule has 4 heterocycles. The summed E-state index contributed by atoms with van der Waals surface area (Å²) < 4.78 is 5.58. The van der Waals surface area contributed by atoms with Gasteiger partial charge < -0.3 is 25.2 Å². The molecule has 30 heavy (non-hydrogen) atoms. The van der Waals surface area contributed by atoms with Gasteiger partial charge in [0.2, 0.25) is 5.95 Å². The highest BCUT2D eigenvalue weighted by Crippen LogP contribution is 2.16. The number of urea groups is 1. The van der Waals surface area contributed by atoms with Gasteiger partial charge in [0.25, 0.3) is 0 Å². The van der Waals surface area contributed by atoms with Gasteiger partial charge in [0.15, 0.2) is 0 Å². The average molecular weight is 412 g/mol. The molecule has 2 saturated heterocycles. The number of carbonyl (C=O) groups is 1. The molecule has 0 saturated carbocycles. The van der Waals surface area contributed by atoms with Crippen LogP contribution >= 0.6 is 0 Å². The zero-order valence-corrected chi connectivity index (χ0v) is 17.3. The van der Waals surface area contributed by atoms with E-state index in [2.05, 4.69) is 42.3 Å². The van der Waals surface area contributed by atoms with Crippen LogP contribution in [-0.4, -0.2) is 65.9 Å². The van der Waals surface area contributed by atoms with Crippen molar-refractivity contribution in [2.24, 2.45) is 0 Å². The molecule has 2 atom stereocenters. The minimum absolute atomic E-state index is 0.0753. The van der Waals surface area contributed by atoms with Crippen LogP contribution in [0.5, 0.6) is 0 Å². The predicted octanol–water partition coefficient (Wildman–Crippen LogP) is 1.56. The third kappa shape index (κ3) is 5.35. The lowest BCUT2D eigenvalue weighted by Crippen LogP contribution is -2.50. The summed E-state index contributed by atoms with van der Waals surface area (Å²) in [5.41, 5.74) is 0.971. The van der Waals surface area contributed by atoms with Crippen LogP contribution in [0.25, 0.3) is 0 Å². The van der Waals surface area contributed by atoms with Gasteiger partial charge in [-0.2, -0.15) is 0 Å². The number of pyridine rings is 1. The maximum atomic E-state index is 12.4. The third-order valence-electron chi connectivity index (χ3n) is 5.42. The lowest BCUT2D eigenvalue weighted by Gasteiger charge is -2.33. The van der Waals surface area contributed by atoms with Crippen molar-refractivity contribution in [2.75, 3.05) is 42.6 Å². The smallest absolute Gasteiger partial charge is 0.315 e. The monoisotopic (exact) mass is 411 g/mol. The highest BCUT2D eigenvalue weighted by molar-refractivity contribution is 5.74. The summed E-state index contributed by atoms with van der Waals surface area (Å²) in [5.74, 6) is 1.66. The number of nitrogens with one attached hydrogen (secondary N) is 2. The second kappa shape index (κ2) is 9.71. The predicted molar refractivity (Wildman–Crippen MR) is 115 cm³/mol. The molecule has 2 amide bonds. The lowest BCUT2D eigenvalue weighted by atomic mass is 10.1. The van der Waals surface area contributed by atoms with Crippen LogP contribution in [0.3, 0.4) is 0 Å². The van der Waals surface area contributed by atoms with Gasteiger partial charge in [0.05, 0.1) is 12.7 Å². The highest BCUT2D eigenvalue weighted by Gasteiger charge is 2.23. The Labute approximate surface area is 176 Å². The lowest BCUT2D eigenvalue weighted by molar-refractivity contribution is 0.0529. The van der Waals surface area contributed by atoms with Crippen molar-refractivity contribution in [3.05, 3.63) is 42.4 Å². The van der Waals surface area contributed by atoms with E-state index in [1.165, 1.54) is 0 Å². The van der Waals surface area contributed by atoms with Crippen molar-refractivity contribution >= 4 is 17.8 Å². The number of amides is 2. The van der Waals surface area contributed by atoms with Gasteiger partial charge in [0.1, 0.15) is 5.82 Å². The number of anilines is 2. The van der Waals surface area contributed by atoms with Crippen molar-refractivity contribution in [2.45, 2.75) is 38.5 Å². The van der Waals surface area contributed by atoms with E-state index in [1.807, 2.05) is 18.3 Å². The quantitative estimate of drug-likeness (QED) is 0.771. The molecule has 2 aliphatic rings. The summed E-state index contributed by atoms with van der Waals surface area (Å²) in [6, 6.07) is 5.73. The van der Waals surface area contributed by atoms with E-state index in [9.17, 15) is 4.79 Å². The summed E-state index contributed by atoms with van der Waals surface area (Å²) in [7, 11) is 0. The number of rotatable bonds is 5. The summed E-state index contributed by atoms with van der Waals surface area (Å²) in [6.07, 6.45) is 7.47. The Morgan fingerprint density at radius 1 is 1.17 bits per heavy atom. The summed E-state index contributed by atoms with van der Waals surface area (Å²) in [6.45, 7) is 6.55. The number of ether oxygens (including phenoxy) is 1. The Hall–Kier alpha value is -2.94. The van der Waals surface area contributed by atoms with E-state index >= 15 is 0 Å². The van der Waals surface area contributed by atoms with Crippen molar-refractivity contribution < 1.29 is 9.53 Å². The van der Waals surface area contributed by atoms with Crippen LogP contribution in [-0.2, 0) is 11.3 Å². The maximum Gasteiger partial charge on any atom is 0.315 e. The molecular weight excluding hydrogens is 382 g/mol. The molecule has 0 aromatic carbocycles. The minimum Gasteiger partial charge on any atom is -0.375 e.